The molecule has 0 saturated heterocycles. The summed E-state index contributed by atoms with van der Waals surface area (Å²) in [5, 5.41) is 8.87. The van der Waals surface area contributed by atoms with E-state index in [0.717, 1.165) is 41.0 Å². The predicted molar refractivity (Wildman–Crippen MR) is 120 cm³/mol. The standard InChI is InChI=1S/C24H25N5O2/c1-29(13-4-14-30)21(31)8-3-6-16-5-2-7-18(15-16)19-11-12-20-22(26-19)23(25)28-24(27-20)17-9-10-17/h2,5,7,11-12,15,17,30H,4,8-10,13-14H2,1H3,(H2,25,27,28). The lowest BCUT2D eigenvalue weighted by molar-refractivity contribution is -0.128. The summed E-state index contributed by atoms with van der Waals surface area (Å²) in [6.07, 6.45) is 2.94. The second kappa shape index (κ2) is 9.11. The molecule has 31 heavy (non-hydrogen) atoms. The molecule has 1 amide bonds. The summed E-state index contributed by atoms with van der Waals surface area (Å²) in [6, 6.07) is 11.6. The first-order chi connectivity index (χ1) is 15.0. The van der Waals surface area contributed by atoms with Crippen LogP contribution in [-0.2, 0) is 4.79 Å². The molecule has 1 fully saturated rings. The topological polar surface area (TPSA) is 105 Å². The zero-order valence-electron chi connectivity index (χ0n) is 17.5. The Bertz CT molecular complexity index is 1180. The summed E-state index contributed by atoms with van der Waals surface area (Å²) >= 11 is 0. The van der Waals surface area contributed by atoms with E-state index in [-0.39, 0.29) is 18.9 Å². The van der Waals surface area contributed by atoms with Crippen molar-refractivity contribution in [2.75, 3.05) is 25.9 Å². The molecule has 3 N–H and O–H groups in total. The number of carbonyl (C=O) groups is 1. The maximum atomic E-state index is 12.1. The van der Waals surface area contributed by atoms with Crippen LogP contribution in [0, 0.1) is 11.8 Å². The lowest BCUT2D eigenvalue weighted by atomic mass is 10.1. The summed E-state index contributed by atoms with van der Waals surface area (Å²) in [5.41, 5.74) is 10.0. The summed E-state index contributed by atoms with van der Waals surface area (Å²) in [7, 11) is 1.72. The molecule has 1 aromatic carbocycles. The summed E-state index contributed by atoms with van der Waals surface area (Å²) < 4.78 is 0. The molecule has 0 aliphatic heterocycles. The number of anilines is 1. The van der Waals surface area contributed by atoms with Crippen LogP contribution in [0.25, 0.3) is 22.3 Å². The second-order valence-corrected chi connectivity index (χ2v) is 7.76. The van der Waals surface area contributed by atoms with E-state index in [1.807, 2.05) is 36.4 Å². The van der Waals surface area contributed by atoms with Crippen LogP contribution in [0.4, 0.5) is 5.82 Å². The monoisotopic (exact) mass is 415 g/mol. The van der Waals surface area contributed by atoms with Crippen LogP contribution in [0.3, 0.4) is 0 Å². The Morgan fingerprint density at radius 2 is 2.06 bits per heavy atom. The third-order valence-corrected chi connectivity index (χ3v) is 5.24. The average molecular weight is 415 g/mol. The molecule has 7 nitrogen and oxygen atoms in total. The number of fused-ring (bicyclic) bond motifs is 1. The van der Waals surface area contributed by atoms with Gasteiger partial charge in [0, 0.05) is 37.2 Å². The number of hydrogen-bond donors (Lipinski definition) is 2. The van der Waals surface area contributed by atoms with E-state index in [0.29, 0.717) is 30.2 Å². The van der Waals surface area contributed by atoms with E-state index < -0.39 is 0 Å². The van der Waals surface area contributed by atoms with Crippen molar-refractivity contribution in [3.05, 3.63) is 47.8 Å². The summed E-state index contributed by atoms with van der Waals surface area (Å²) in [4.78, 5) is 27.4. The van der Waals surface area contributed by atoms with Gasteiger partial charge in [0.2, 0.25) is 5.91 Å². The SMILES string of the molecule is CN(CCCO)C(=O)CC#Cc1cccc(-c2ccc3nc(C4CC4)nc(N)c3n2)c1. The smallest absolute Gasteiger partial charge is 0.234 e. The van der Waals surface area contributed by atoms with Gasteiger partial charge in [0.25, 0.3) is 0 Å². The number of rotatable bonds is 6. The molecule has 0 radical (unpaired) electrons. The van der Waals surface area contributed by atoms with Gasteiger partial charge in [-0.3, -0.25) is 4.79 Å². The first-order valence-electron chi connectivity index (χ1n) is 10.4. The molecule has 2 heterocycles. The first kappa shape index (κ1) is 20.8. The Labute approximate surface area is 181 Å². The molecule has 0 spiro atoms. The maximum absolute atomic E-state index is 12.1. The normalized spacial score (nSPS) is 13.0. The number of nitrogens with zero attached hydrogens (tertiary/aromatic N) is 4. The first-order valence-corrected chi connectivity index (χ1v) is 10.4. The van der Waals surface area contributed by atoms with Crippen molar-refractivity contribution in [1.82, 2.24) is 19.9 Å². The molecule has 1 saturated carbocycles. The molecular weight excluding hydrogens is 390 g/mol. The molecule has 4 rings (SSSR count). The van der Waals surface area contributed by atoms with Crippen LogP contribution >= 0.6 is 0 Å². The van der Waals surface area contributed by atoms with Gasteiger partial charge in [-0.05, 0) is 43.5 Å². The van der Waals surface area contributed by atoms with Crippen molar-refractivity contribution >= 4 is 22.8 Å². The van der Waals surface area contributed by atoms with Crippen LogP contribution < -0.4 is 5.73 Å². The molecule has 3 aromatic rings. The van der Waals surface area contributed by atoms with Crippen molar-refractivity contribution in [3.8, 4) is 23.1 Å². The van der Waals surface area contributed by atoms with Gasteiger partial charge in [0.05, 0.1) is 17.6 Å². The van der Waals surface area contributed by atoms with Gasteiger partial charge in [0.15, 0.2) is 5.82 Å². The van der Waals surface area contributed by atoms with E-state index in [1.54, 1.807) is 11.9 Å². The fraction of sp³-hybridized carbons (Fsp3) is 0.333. The molecule has 0 bridgehead atoms. The fourth-order valence-corrected chi connectivity index (χ4v) is 3.29. The van der Waals surface area contributed by atoms with Gasteiger partial charge < -0.3 is 15.7 Å². The number of nitrogen functional groups attached to an aromatic ring is 1. The average Bonchev–Trinajstić information content (AvgIpc) is 3.63. The predicted octanol–water partition coefficient (Wildman–Crippen LogP) is 2.73. The number of aromatic nitrogens is 3. The molecule has 2 aromatic heterocycles. The Kier molecular flexibility index (Phi) is 6.10. The van der Waals surface area contributed by atoms with Crippen LogP contribution in [0.1, 0.15) is 43.0 Å². The van der Waals surface area contributed by atoms with Crippen LogP contribution in [0.5, 0.6) is 0 Å². The molecule has 158 valence electrons. The van der Waals surface area contributed by atoms with Crippen LogP contribution in [0.2, 0.25) is 0 Å². The Balaban J connectivity index is 1.52. The third kappa shape index (κ3) is 4.98. The molecule has 0 unspecified atom stereocenters. The lowest BCUT2D eigenvalue weighted by Crippen LogP contribution is -2.27. The van der Waals surface area contributed by atoms with Gasteiger partial charge in [-0.25, -0.2) is 15.0 Å². The number of amides is 1. The van der Waals surface area contributed by atoms with E-state index in [4.69, 9.17) is 10.8 Å². The molecule has 1 aliphatic rings. The molecular formula is C24H25N5O2. The highest BCUT2D eigenvalue weighted by Crippen LogP contribution is 2.39. The molecule has 7 heteroatoms. The number of pyridine rings is 1. The van der Waals surface area contributed by atoms with E-state index >= 15 is 0 Å². The minimum absolute atomic E-state index is 0.0608. The highest BCUT2D eigenvalue weighted by atomic mass is 16.3. The van der Waals surface area contributed by atoms with E-state index in [9.17, 15) is 4.79 Å². The molecule has 1 aliphatic carbocycles. The third-order valence-electron chi connectivity index (χ3n) is 5.24. The van der Waals surface area contributed by atoms with Crippen molar-refractivity contribution in [2.45, 2.75) is 31.6 Å². The number of benzene rings is 1. The minimum Gasteiger partial charge on any atom is -0.396 e. The van der Waals surface area contributed by atoms with Gasteiger partial charge >= 0.3 is 0 Å². The zero-order chi connectivity index (χ0) is 21.8. The van der Waals surface area contributed by atoms with Crippen molar-refractivity contribution < 1.29 is 9.90 Å². The summed E-state index contributed by atoms with van der Waals surface area (Å²) in [5.74, 6) is 7.58. The zero-order valence-corrected chi connectivity index (χ0v) is 17.5. The van der Waals surface area contributed by atoms with Crippen molar-refractivity contribution in [2.24, 2.45) is 0 Å². The van der Waals surface area contributed by atoms with Gasteiger partial charge in [-0.2, -0.15) is 0 Å². The highest BCUT2D eigenvalue weighted by Gasteiger charge is 2.27. The Hall–Kier alpha value is -3.50. The van der Waals surface area contributed by atoms with Gasteiger partial charge in [-0.1, -0.05) is 24.0 Å². The Morgan fingerprint density at radius 1 is 1.23 bits per heavy atom. The minimum atomic E-state index is -0.0608. The maximum Gasteiger partial charge on any atom is 0.234 e. The van der Waals surface area contributed by atoms with E-state index in [1.165, 1.54) is 0 Å². The number of hydrogen-bond acceptors (Lipinski definition) is 6. The number of aliphatic hydroxyl groups is 1. The van der Waals surface area contributed by atoms with Crippen molar-refractivity contribution in [1.29, 1.82) is 0 Å². The van der Waals surface area contributed by atoms with Crippen LogP contribution in [0.15, 0.2) is 36.4 Å². The quantitative estimate of drug-likeness (QED) is 0.600. The van der Waals surface area contributed by atoms with Gasteiger partial charge in [0.1, 0.15) is 11.3 Å². The largest absolute Gasteiger partial charge is 0.396 e. The fourth-order valence-electron chi connectivity index (χ4n) is 3.29. The van der Waals surface area contributed by atoms with E-state index in [2.05, 4.69) is 26.8 Å². The highest BCUT2D eigenvalue weighted by molar-refractivity contribution is 5.86. The number of carbonyl (C=O) groups excluding carboxylic acids is 1. The number of aliphatic hydroxyl groups excluding tert-OH is 1. The van der Waals surface area contributed by atoms with Gasteiger partial charge in [-0.15, -0.1) is 0 Å². The van der Waals surface area contributed by atoms with Crippen molar-refractivity contribution in [3.63, 3.8) is 0 Å². The lowest BCUT2D eigenvalue weighted by Gasteiger charge is -2.14. The second-order valence-electron chi connectivity index (χ2n) is 7.76. The molecule has 0 atom stereocenters. The number of nitrogens with two attached hydrogens (primary N) is 1. The Morgan fingerprint density at radius 3 is 2.84 bits per heavy atom. The van der Waals surface area contributed by atoms with Crippen LogP contribution in [-0.4, -0.2) is 51.1 Å². The summed E-state index contributed by atoms with van der Waals surface area (Å²) in [6.45, 7) is 0.591.